The van der Waals surface area contributed by atoms with Crippen LogP contribution in [0.5, 0.6) is 0 Å². The summed E-state index contributed by atoms with van der Waals surface area (Å²) in [6, 6.07) is 3.76. The number of piperidine rings is 1. The average Bonchev–Trinajstić information content (AvgIpc) is 3.26. The average molecular weight is 393 g/mol. The first kappa shape index (κ1) is 20.3. The molecule has 3 heterocycles. The van der Waals surface area contributed by atoms with Crippen molar-refractivity contribution in [2.75, 3.05) is 58.9 Å². The summed E-state index contributed by atoms with van der Waals surface area (Å²) >= 11 is 1.47. The normalized spacial score (nSPS) is 22.0. The van der Waals surface area contributed by atoms with Crippen molar-refractivity contribution in [3.8, 4) is 0 Å². The lowest BCUT2D eigenvalue weighted by Gasteiger charge is -2.34. The Morgan fingerprint density at radius 2 is 1.96 bits per heavy atom. The van der Waals surface area contributed by atoms with Crippen LogP contribution in [0.15, 0.2) is 17.5 Å². The molecule has 1 aromatic rings. The second kappa shape index (κ2) is 10.2. The first-order valence-electron chi connectivity index (χ1n) is 10.2. The van der Waals surface area contributed by atoms with Crippen LogP contribution in [0.3, 0.4) is 0 Å². The van der Waals surface area contributed by atoms with Gasteiger partial charge in [-0.1, -0.05) is 13.0 Å². The van der Waals surface area contributed by atoms with E-state index in [-0.39, 0.29) is 17.7 Å². The standard InChI is InChI=1S/C20H32N4O2S/c1-2-22-11-13-23(14-12-22)9-5-8-21-19(25)17-6-3-10-24(16-17)20(26)18-7-4-15-27-18/h4,7,15,17H,2-3,5-6,8-14,16H2,1H3,(H,21,25). The number of amides is 2. The molecule has 0 saturated carbocycles. The summed E-state index contributed by atoms with van der Waals surface area (Å²) in [7, 11) is 0. The molecule has 2 aliphatic rings. The van der Waals surface area contributed by atoms with E-state index in [4.69, 9.17) is 0 Å². The zero-order valence-corrected chi connectivity index (χ0v) is 17.2. The highest BCUT2D eigenvalue weighted by Gasteiger charge is 2.29. The van der Waals surface area contributed by atoms with Crippen LogP contribution in [0.2, 0.25) is 0 Å². The smallest absolute Gasteiger partial charge is 0.263 e. The Balaban J connectivity index is 1.35. The summed E-state index contributed by atoms with van der Waals surface area (Å²) in [5, 5.41) is 5.01. The number of thiophene rings is 1. The molecule has 27 heavy (non-hydrogen) atoms. The molecule has 2 fully saturated rings. The van der Waals surface area contributed by atoms with Gasteiger partial charge < -0.3 is 20.0 Å². The molecule has 0 bridgehead atoms. The van der Waals surface area contributed by atoms with Gasteiger partial charge in [0, 0.05) is 45.8 Å². The number of hydrogen-bond donors (Lipinski definition) is 1. The van der Waals surface area contributed by atoms with Crippen molar-refractivity contribution in [2.24, 2.45) is 5.92 Å². The van der Waals surface area contributed by atoms with E-state index >= 15 is 0 Å². The van der Waals surface area contributed by atoms with Crippen LogP contribution in [0.1, 0.15) is 35.9 Å². The van der Waals surface area contributed by atoms with Gasteiger partial charge in [-0.3, -0.25) is 9.59 Å². The number of hydrogen-bond acceptors (Lipinski definition) is 5. The van der Waals surface area contributed by atoms with E-state index in [9.17, 15) is 9.59 Å². The van der Waals surface area contributed by atoms with Crippen molar-refractivity contribution in [2.45, 2.75) is 26.2 Å². The largest absolute Gasteiger partial charge is 0.356 e. The van der Waals surface area contributed by atoms with Crippen molar-refractivity contribution in [1.29, 1.82) is 0 Å². The SMILES string of the molecule is CCN1CCN(CCCNC(=O)C2CCCN(C(=O)c3cccs3)C2)CC1. The van der Waals surface area contributed by atoms with Gasteiger partial charge in [0.2, 0.25) is 5.91 Å². The summed E-state index contributed by atoms with van der Waals surface area (Å²) in [6.45, 7) is 11.0. The quantitative estimate of drug-likeness (QED) is 0.718. The van der Waals surface area contributed by atoms with Gasteiger partial charge in [-0.05, 0) is 43.8 Å². The summed E-state index contributed by atoms with van der Waals surface area (Å²) in [5.74, 6) is 0.0963. The summed E-state index contributed by atoms with van der Waals surface area (Å²) in [4.78, 5) is 32.6. The van der Waals surface area contributed by atoms with E-state index in [1.165, 1.54) is 11.3 Å². The van der Waals surface area contributed by atoms with E-state index in [2.05, 4.69) is 22.0 Å². The minimum atomic E-state index is -0.0734. The zero-order chi connectivity index (χ0) is 19.1. The molecule has 2 amide bonds. The molecule has 1 aromatic heterocycles. The molecule has 0 spiro atoms. The zero-order valence-electron chi connectivity index (χ0n) is 16.4. The van der Waals surface area contributed by atoms with Gasteiger partial charge >= 0.3 is 0 Å². The number of nitrogens with zero attached hydrogens (tertiary/aromatic N) is 3. The molecular formula is C20H32N4O2S. The van der Waals surface area contributed by atoms with E-state index < -0.39 is 0 Å². The Kier molecular flexibility index (Phi) is 7.67. The maximum absolute atomic E-state index is 12.5. The molecule has 3 rings (SSSR count). The first-order chi connectivity index (χ1) is 13.2. The highest BCUT2D eigenvalue weighted by Crippen LogP contribution is 2.20. The molecule has 2 saturated heterocycles. The Hall–Kier alpha value is -1.44. The van der Waals surface area contributed by atoms with Gasteiger partial charge in [-0.25, -0.2) is 0 Å². The van der Waals surface area contributed by atoms with Crippen molar-refractivity contribution in [3.05, 3.63) is 22.4 Å². The van der Waals surface area contributed by atoms with Crippen molar-refractivity contribution in [1.82, 2.24) is 20.0 Å². The molecule has 1 unspecified atom stereocenters. The molecule has 0 aliphatic carbocycles. The van der Waals surface area contributed by atoms with Gasteiger partial charge in [0.1, 0.15) is 0 Å². The third-order valence-corrected chi connectivity index (χ3v) is 6.53. The van der Waals surface area contributed by atoms with Crippen LogP contribution >= 0.6 is 11.3 Å². The van der Waals surface area contributed by atoms with Gasteiger partial charge in [0.15, 0.2) is 0 Å². The van der Waals surface area contributed by atoms with Gasteiger partial charge in [0.25, 0.3) is 5.91 Å². The third-order valence-electron chi connectivity index (χ3n) is 5.67. The van der Waals surface area contributed by atoms with Crippen LogP contribution in [0, 0.1) is 5.92 Å². The van der Waals surface area contributed by atoms with Gasteiger partial charge in [0.05, 0.1) is 10.8 Å². The number of likely N-dealkylation sites (tertiary alicyclic amines) is 1. The Bertz CT molecular complexity index is 599. The van der Waals surface area contributed by atoms with Crippen LogP contribution in [-0.2, 0) is 4.79 Å². The van der Waals surface area contributed by atoms with Crippen molar-refractivity contribution in [3.63, 3.8) is 0 Å². The fourth-order valence-corrected chi connectivity index (χ4v) is 4.61. The predicted octanol–water partition coefficient (Wildman–Crippen LogP) is 1.74. The van der Waals surface area contributed by atoms with Crippen LogP contribution < -0.4 is 5.32 Å². The van der Waals surface area contributed by atoms with Crippen LogP contribution in [0.4, 0.5) is 0 Å². The van der Waals surface area contributed by atoms with Crippen molar-refractivity contribution < 1.29 is 9.59 Å². The van der Waals surface area contributed by atoms with Gasteiger partial charge in [-0.2, -0.15) is 0 Å². The van der Waals surface area contributed by atoms with E-state index in [1.807, 2.05) is 22.4 Å². The molecule has 150 valence electrons. The molecule has 0 radical (unpaired) electrons. The fourth-order valence-electron chi connectivity index (χ4n) is 3.92. The number of likely N-dealkylation sites (N-methyl/N-ethyl adjacent to an activating group) is 1. The minimum Gasteiger partial charge on any atom is -0.356 e. The third kappa shape index (κ3) is 5.77. The molecule has 1 atom stereocenters. The summed E-state index contributed by atoms with van der Waals surface area (Å²) in [6.07, 6.45) is 2.76. The Morgan fingerprint density at radius 1 is 1.19 bits per heavy atom. The number of piperazine rings is 1. The number of carbonyl (C=O) groups is 2. The van der Waals surface area contributed by atoms with Crippen LogP contribution in [-0.4, -0.2) is 85.4 Å². The van der Waals surface area contributed by atoms with E-state index in [0.717, 1.165) is 76.5 Å². The molecule has 1 N–H and O–H groups in total. The lowest BCUT2D eigenvalue weighted by molar-refractivity contribution is -0.126. The van der Waals surface area contributed by atoms with E-state index in [0.29, 0.717) is 6.54 Å². The first-order valence-corrected chi connectivity index (χ1v) is 11.1. The van der Waals surface area contributed by atoms with E-state index in [1.54, 1.807) is 0 Å². The molecule has 7 heteroatoms. The second-order valence-corrected chi connectivity index (χ2v) is 8.44. The fraction of sp³-hybridized carbons (Fsp3) is 0.700. The maximum Gasteiger partial charge on any atom is 0.263 e. The molecule has 2 aliphatic heterocycles. The maximum atomic E-state index is 12.5. The van der Waals surface area contributed by atoms with Crippen LogP contribution in [0.25, 0.3) is 0 Å². The molecule has 6 nitrogen and oxygen atoms in total. The highest BCUT2D eigenvalue weighted by atomic mass is 32.1. The Labute approximate surface area is 166 Å². The number of carbonyl (C=O) groups excluding carboxylic acids is 2. The Morgan fingerprint density at radius 3 is 2.67 bits per heavy atom. The predicted molar refractivity (Wildman–Crippen MR) is 109 cm³/mol. The number of nitrogens with one attached hydrogen (secondary N) is 1. The summed E-state index contributed by atoms with van der Waals surface area (Å²) in [5.41, 5.74) is 0. The lowest BCUT2D eigenvalue weighted by atomic mass is 9.97. The second-order valence-electron chi connectivity index (χ2n) is 7.49. The monoisotopic (exact) mass is 392 g/mol. The number of rotatable bonds is 7. The molecule has 0 aromatic carbocycles. The summed E-state index contributed by atoms with van der Waals surface area (Å²) < 4.78 is 0. The lowest BCUT2D eigenvalue weighted by Crippen LogP contribution is -2.47. The van der Waals surface area contributed by atoms with Crippen molar-refractivity contribution >= 4 is 23.2 Å². The highest BCUT2D eigenvalue weighted by molar-refractivity contribution is 7.12. The topological polar surface area (TPSA) is 55.9 Å². The van der Waals surface area contributed by atoms with Gasteiger partial charge in [-0.15, -0.1) is 11.3 Å². The molecular weight excluding hydrogens is 360 g/mol. The minimum absolute atomic E-state index is 0.0636.